The Hall–Kier alpha value is -2.99. The number of hydrogen-bond acceptors (Lipinski definition) is 5. The summed E-state index contributed by atoms with van der Waals surface area (Å²) in [6.07, 6.45) is 2.89. The van der Waals surface area contributed by atoms with Crippen LogP contribution < -0.4 is 4.18 Å². The first-order valence-corrected chi connectivity index (χ1v) is 8.13. The van der Waals surface area contributed by atoms with Crippen molar-refractivity contribution in [1.29, 1.82) is 5.26 Å². The van der Waals surface area contributed by atoms with E-state index in [4.69, 9.17) is 9.68 Å². The van der Waals surface area contributed by atoms with Crippen molar-refractivity contribution in [3.05, 3.63) is 54.5 Å². The molecule has 0 unspecified atom stereocenters. The molecule has 3 rings (SSSR count). The van der Waals surface area contributed by atoms with Crippen molar-refractivity contribution in [2.75, 3.05) is 0 Å². The lowest BCUT2D eigenvalue weighted by molar-refractivity contribution is -0.0500. The fourth-order valence-electron chi connectivity index (χ4n) is 2.29. The number of halogens is 3. The summed E-state index contributed by atoms with van der Waals surface area (Å²) < 4.78 is 68.7. The average molecular weight is 367 g/mol. The summed E-state index contributed by atoms with van der Waals surface area (Å²) in [4.78, 5) is 0. The molecular weight excluding hydrogens is 359 g/mol. The third-order valence-electron chi connectivity index (χ3n) is 3.37. The quantitative estimate of drug-likeness (QED) is 0.512. The molecule has 0 aliphatic carbocycles. The summed E-state index contributed by atoms with van der Waals surface area (Å²) in [5.41, 5.74) is -4.00. The van der Waals surface area contributed by atoms with Gasteiger partial charge in [0.15, 0.2) is 0 Å². The van der Waals surface area contributed by atoms with Gasteiger partial charge in [0.2, 0.25) is 0 Å². The van der Waals surface area contributed by atoms with Crippen LogP contribution in [0.2, 0.25) is 0 Å². The maximum atomic E-state index is 12.4. The zero-order valence-corrected chi connectivity index (χ0v) is 13.1. The second-order valence-electron chi connectivity index (χ2n) is 5.01. The maximum Gasteiger partial charge on any atom is 0.534 e. The SMILES string of the molecule is N#Cc1cc(-c2ccoc2)c2ccc(OS(=O)(=O)C(F)(F)F)cc2c1. The highest BCUT2D eigenvalue weighted by Gasteiger charge is 2.48. The Labute approximate surface area is 140 Å². The van der Waals surface area contributed by atoms with Gasteiger partial charge in [-0.1, -0.05) is 6.07 Å². The van der Waals surface area contributed by atoms with Crippen LogP contribution in [0.15, 0.2) is 53.3 Å². The molecule has 1 heterocycles. The van der Waals surface area contributed by atoms with Gasteiger partial charge in [0.25, 0.3) is 0 Å². The number of furan rings is 1. The smallest absolute Gasteiger partial charge is 0.472 e. The van der Waals surface area contributed by atoms with Crippen molar-refractivity contribution in [2.24, 2.45) is 0 Å². The van der Waals surface area contributed by atoms with Crippen LogP contribution in [0.5, 0.6) is 5.75 Å². The monoisotopic (exact) mass is 367 g/mol. The van der Waals surface area contributed by atoms with Crippen molar-refractivity contribution in [2.45, 2.75) is 5.51 Å². The number of nitriles is 1. The molecule has 25 heavy (non-hydrogen) atoms. The number of rotatable bonds is 3. The molecule has 0 atom stereocenters. The Bertz CT molecular complexity index is 1080. The van der Waals surface area contributed by atoms with Crippen LogP contribution in [-0.2, 0) is 10.1 Å². The van der Waals surface area contributed by atoms with Crippen LogP contribution in [0.4, 0.5) is 13.2 Å². The van der Waals surface area contributed by atoms with Crippen LogP contribution in [0.1, 0.15) is 5.56 Å². The number of nitrogens with zero attached hydrogens (tertiary/aromatic N) is 1. The van der Waals surface area contributed by atoms with E-state index in [1.807, 2.05) is 6.07 Å². The van der Waals surface area contributed by atoms with Gasteiger partial charge in [-0.25, -0.2) is 0 Å². The Kier molecular flexibility index (Phi) is 3.93. The van der Waals surface area contributed by atoms with E-state index in [-0.39, 0.29) is 5.56 Å². The molecule has 9 heteroatoms. The van der Waals surface area contributed by atoms with Gasteiger partial charge < -0.3 is 8.60 Å². The van der Waals surface area contributed by atoms with Crippen molar-refractivity contribution < 1.29 is 30.2 Å². The topological polar surface area (TPSA) is 80.3 Å². The highest BCUT2D eigenvalue weighted by molar-refractivity contribution is 7.88. The molecule has 128 valence electrons. The molecule has 0 saturated carbocycles. The number of hydrogen-bond donors (Lipinski definition) is 0. The maximum absolute atomic E-state index is 12.4. The largest absolute Gasteiger partial charge is 0.534 e. The van der Waals surface area contributed by atoms with Gasteiger partial charge in [0, 0.05) is 5.56 Å². The van der Waals surface area contributed by atoms with Gasteiger partial charge in [-0.05, 0) is 46.7 Å². The first-order valence-electron chi connectivity index (χ1n) is 6.72. The minimum Gasteiger partial charge on any atom is -0.472 e. The van der Waals surface area contributed by atoms with Gasteiger partial charge in [0.1, 0.15) is 5.75 Å². The molecule has 1 aromatic heterocycles. The molecule has 5 nitrogen and oxygen atoms in total. The summed E-state index contributed by atoms with van der Waals surface area (Å²) in [5, 5.41) is 10.1. The molecule has 0 amide bonds. The molecule has 2 aromatic carbocycles. The molecule has 0 spiro atoms. The van der Waals surface area contributed by atoms with Gasteiger partial charge >= 0.3 is 15.6 Å². The first kappa shape index (κ1) is 16.9. The third kappa shape index (κ3) is 3.16. The van der Waals surface area contributed by atoms with Gasteiger partial charge in [-0.2, -0.15) is 26.9 Å². The molecule has 0 radical (unpaired) electrons. The van der Waals surface area contributed by atoms with E-state index in [2.05, 4.69) is 4.18 Å². The average Bonchev–Trinajstić information content (AvgIpc) is 3.06. The second-order valence-corrected chi connectivity index (χ2v) is 6.55. The molecule has 0 aliphatic heterocycles. The molecule has 0 bridgehead atoms. The molecule has 0 N–H and O–H groups in total. The standard InChI is InChI=1S/C16H8F3NO4S/c17-16(18,19)25(21,22)24-13-1-2-14-12(7-13)5-10(8-20)6-15(14)11-3-4-23-9-11/h1-7,9H. The number of benzene rings is 2. The van der Waals surface area contributed by atoms with Crippen molar-refractivity contribution in [3.63, 3.8) is 0 Å². The van der Waals surface area contributed by atoms with Crippen molar-refractivity contribution in [1.82, 2.24) is 0 Å². The van der Waals surface area contributed by atoms with Gasteiger partial charge in [-0.3, -0.25) is 0 Å². The fourth-order valence-corrected chi connectivity index (χ4v) is 2.75. The number of alkyl halides is 3. The summed E-state index contributed by atoms with van der Waals surface area (Å²) in [7, 11) is -5.77. The van der Waals surface area contributed by atoms with E-state index >= 15 is 0 Å². The number of fused-ring (bicyclic) bond motifs is 1. The fraction of sp³-hybridized carbons (Fsp3) is 0.0625. The van der Waals surface area contributed by atoms with Crippen LogP contribution >= 0.6 is 0 Å². The molecule has 0 fully saturated rings. The lowest BCUT2D eigenvalue weighted by Gasteiger charge is -2.11. The van der Waals surface area contributed by atoms with Crippen LogP contribution in [0.3, 0.4) is 0 Å². The van der Waals surface area contributed by atoms with Gasteiger partial charge in [0.05, 0.1) is 24.2 Å². The summed E-state index contributed by atoms with van der Waals surface area (Å²) >= 11 is 0. The zero-order valence-electron chi connectivity index (χ0n) is 12.2. The van der Waals surface area contributed by atoms with E-state index in [1.165, 1.54) is 24.7 Å². The minimum absolute atomic E-state index is 0.250. The predicted molar refractivity (Wildman–Crippen MR) is 82.0 cm³/mol. The first-order chi connectivity index (χ1) is 11.7. The molecule has 3 aromatic rings. The van der Waals surface area contributed by atoms with Crippen LogP contribution in [0, 0.1) is 11.3 Å². The summed E-state index contributed by atoms with van der Waals surface area (Å²) in [6, 6.07) is 10.3. The van der Waals surface area contributed by atoms with Crippen LogP contribution in [0.25, 0.3) is 21.9 Å². The highest BCUT2D eigenvalue weighted by atomic mass is 32.2. The zero-order chi connectivity index (χ0) is 18.2. The van der Waals surface area contributed by atoms with E-state index in [1.54, 1.807) is 12.1 Å². The van der Waals surface area contributed by atoms with E-state index < -0.39 is 21.4 Å². The minimum atomic E-state index is -5.77. The molecular formula is C16H8F3NO4S. The highest BCUT2D eigenvalue weighted by Crippen LogP contribution is 2.34. The van der Waals surface area contributed by atoms with Crippen molar-refractivity contribution in [3.8, 4) is 22.9 Å². The van der Waals surface area contributed by atoms with Crippen molar-refractivity contribution >= 4 is 20.9 Å². The van der Waals surface area contributed by atoms with E-state index in [0.29, 0.717) is 21.9 Å². The second kappa shape index (κ2) is 5.82. The lowest BCUT2D eigenvalue weighted by Crippen LogP contribution is -2.28. The lowest BCUT2D eigenvalue weighted by atomic mass is 9.97. The summed E-state index contributed by atoms with van der Waals surface area (Å²) in [5.74, 6) is -0.502. The summed E-state index contributed by atoms with van der Waals surface area (Å²) in [6.45, 7) is 0. The Morgan fingerprint density at radius 2 is 1.88 bits per heavy atom. The molecule has 0 aliphatic rings. The molecule has 0 saturated heterocycles. The Morgan fingerprint density at radius 1 is 1.12 bits per heavy atom. The van der Waals surface area contributed by atoms with E-state index in [9.17, 15) is 21.6 Å². The predicted octanol–water partition coefficient (Wildman–Crippen LogP) is 4.20. The van der Waals surface area contributed by atoms with Crippen LogP contribution in [-0.4, -0.2) is 13.9 Å². The normalized spacial score (nSPS) is 12.1. The van der Waals surface area contributed by atoms with Gasteiger partial charge in [-0.15, -0.1) is 0 Å². The Balaban J connectivity index is 2.14. The van der Waals surface area contributed by atoms with E-state index in [0.717, 1.165) is 12.1 Å². The third-order valence-corrected chi connectivity index (χ3v) is 4.35. The Morgan fingerprint density at radius 3 is 2.48 bits per heavy atom.